The number of carbonyl (C=O) groups is 2. The Morgan fingerprint density at radius 3 is 2.73 bits per heavy atom. The molecule has 1 saturated heterocycles. The smallest absolute Gasteiger partial charge is 0.242 e. The Bertz CT molecular complexity index is 241. The third-order valence-corrected chi connectivity index (χ3v) is 2.41. The minimum absolute atomic E-state index is 0.0273. The van der Waals surface area contributed by atoms with Crippen LogP contribution in [0.5, 0.6) is 0 Å². The van der Waals surface area contributed by atoms with Crippen LogP contribution in [0.1, 0.15) is 12.8 Å². The largest absolute Gasteiger partial charge is 0.345 e. The topological polar surface area (TPSA) is 52.6 Å². The minimum Gasteiger partial charge on any atom is -0.345 e. The van der Waals surface area contributed by atoms with Crippen LogP contribution in [0, 0.1) is 0 Å². The summed E-state index contributed by atoms with van der Waals surface area (Å²) in [5.74, 6) is -0.0262. The van der Waals surface area contributed by atoms with E-state index in [0.717, 1.165) is 19.4 Å². The van der Waals surface area contributed by atoms with Gasteiger partial charge in [-0.1, -0.05) is 0 Å². The summed E-state index contributed by atoms with van der Waals surface area (Å²) in [5.41, 5.74) is 0. The highest BCUT2D eigenvalue weighted by molar-refractivity contribution is 5.92. The second kappa shape index (κ2) is 5.70. The lowest BCUT2D eigenvalue weighted by molar-refractivity contribution is -0.140. The summed E-state index contributed by atoms with van der Waals surface area (Å²) in [6.45, 7) is 2.10. The Labute approximate surface area is 90.4 Å². The van der Waals surface area contributed by atoms with Crippen molar-refractivity contribution < 1.29 is 9.59 Å². The van der Waals surface area contributed by atoms with Crippen LogP contribution in [0.3, 0.4) is 0 Å². The fourth-order valence-electron chi connectivity index (χ4n) is 1.54. The van der Waals surface area contributed by atoms with Gasteiger partial charge in [0.1, 0.15) is 0 Å². The van der Waals surface area contributed by atoms with Gasteiger partial charge < -0.3 is 15.1 Å². The van der Waals surface area contributed by atoms with Gasteiger partial charge in [0.2, 0.25) is 11.8 Å². The van der Waals surface area contributed by atoms with Crippen molar-refractivity contribution in [1.82, 2.24) is 15.1 Å². The van der Waals surface area contributed by atoms with Crippen LogP contribution in [0.4, 0.5) is 0 Å². The normalized spacial score (nSPS) is 17.1. The van der Waals surface area contributed by atoms with Gasteiger partial charge in [-0.3, -0.25) is 9.59 Å². The highest BCUT2D eigenvalue weighted by Crippen LogP contribution is 2.00. The molecule has 0 atom stereocenters. The van der Waals surface area contributed by atoms with E-state index in [0.29, 0.717) is 6.54 Å². The zero-order valence-electron chi connectivity index (χ0n) is 9.45. The molecule has 0 aromatic rings. The molecule has 2 amide bonds. The molecule has 0 aromatic heterocycles. The molecule has 1 N–H and O–H groups in total. The fraction of sp³-hybridized carbons (Fsp3) is 0.800. The number of nitrogens with one attached hydrogen (secondary N) is 1. The summed E-state index contributed by atoms with van der Waals surface area (Å²) >= 11 is 0. The Balaban J connectivity index is 2.19. The summed E-state index contributed by atoms with van der Waals surface area (Å²) < 4.78 is 0. The van der Waals surface area contributed by atoms with E-state index in [1.807, 2.05) is 14.1 Å². The van der Waals surface area contributed by atoms with Crippen molar-refractivity contribution in [3.63, 3.8) is 0 Å². The van der Waals surface area contributed by atoms with Crippen LogP contribution in [0.2, 0.25) is 0 Å². The van der Waals surface area contributed by atoms with Gasteiger partial charge in [0.25, 0.3) is 0 Å². The van der Waals surface area contributed by atoms with Gasteiger partial charge in [-0.25, -0.2) is 0 Å². The number of nitrogens with zero attached hydrogens (tertiary/aromatic N) is 2. The molecule has 5 heteroatoms. The van der Waals surface area contributed by atoms with Crippen molar-refractivity contribution >= 4 is 11.8 Å². The maximum Gasteiger partial charge on any atom is 0.242 e. The number of rotatable bonds is 5. The third kappa shape index (κ3) is 4.29. The average Bonchev–Trinajstić information content (AvgIpc) is 2.17. The van der Waals surface area contributed by atoms with E-state index in [2.05, 4.69) is 10.2 Å². The van der Waals surface area contributed by atoms with Gasteiger partial charge in [-0.05, 0) is 33.5 Å². The van der Waals surface area contributed by atoms with Crippen LogP contribution >= 0.6 is 0 Å². The van der Waals surface area contributed by atoms with E-state index in [-0.39, 0.29) is 24.9 Å². The average molecular weight is 213 g/mol. The highest BCUT2D eigenvalue weighted by atomic mass is 16.2. The van der Waals surface area contributed by atoms with Gasteiger partial charge in [-0.15, -0.1) is 0 Å². The van der Waals surface area contributed by atoms with Crippen molar-refractivity contribution in [2.75, 3.05) is 40.3 Å². The number of piperazine rings is 1. The molecular formula is C10H19N3O2. The molecule has 1 heterocycles. The standard InChI is InChI=1S/C10H19N3O2/c1-12(2)5-3-4-6-13-8-9(14)11-7-10(13)15/h3-8H2,1-2H3,(H,11,14). The molecule has 0 bridgehead atoms. The number of unbranched alkanes of at least 4 members (excludes halogenated alkanes) is 1. The molecule has 5 nitrogen and oxygen atoms in total. The zero-order chi connectivity index (χ0) is 11.3. The minimum atomic E-state index is -0.0535. The molecule has 0 spiro atoms. The predicted octanol–water partition coefficient (Wildman–Crippen LogP) is -0.713. The van der Waals surface area contributed by atoms with Crippen molar-refractivity contribution in [1.29, 1.82) is 0 Å². The van der Waals surface area contributed by atoms with Crippen LogP contribution in [-0.4, -0.2) is 61.9 Å². The number of hydrogen-bond acceptors (Lipinski definition) is 3. The van der Waals surface area contributed by atoms with Crippen LogP contribution in [0.25, 0.3) is 0 Å². The third-order valence-electron chi connectivity index (χ3n) is 2.41. The lowest BCUT2D eigenvalue weighted by Crippen LogP contribution is -2.51. The van der Waals surface area contributed by atoms with Crippen molar-refractivity contribution in [3.8, 4) is 0 Å². The van der Waals surface area contributed by atoms with Crippen molar-refractivity contribution in [2.45, 2.75) is 12.8 Å². The van der Waals surface area contributed by atoms with Crippen LogP contribution in [0.15, 0.2) is 0 Å². The van der Waals surface area contributed by atoms with E-state index in [9.17, 15) is 9.59 Å². The van der Waals surface area contributed by atoms with Crippen LogP contribution in [-0.2, 0) is 9.59 Å². The molecule has 1 aliphatic heterocycles. The molecule has 1 aliphatic rings. The first-order valence-electron chi connectivity index (χ1n) is 5.29. The van der Waals surface area contributed by atoms with Gasteiger partial charge in [0.05, 0.1) is 13.1 Å². The Kier molecular flexibility index (Phi) is 4.55. The lowest BCUT2D eigenvalue weighted by atomic mass is 10.2. The number of amides is 2. The maximum atomic E-state index is 11.4. The first-order valence-corrected chi connectivity index (χ1v) is 5.29. The first-order chi connectivity index (χ1) is 7.09. The molecule has 0 saturated carbocycles. The summed E-state index contributed by atoms with van der Waals surface area (Å²) in [6, 6.07) is 0. The number of hydrogen-bond donors (Lipinski definition) is 1. The molecule has 86 valence electrons. The van der Waals surface area contributed by atoms with Gasteiger partial charge in [0.15, 0.2) is 0 Å². The van der Waals surface area contributed by atoms with E-state index in [1.165, 1.54) is 0 Å². The summed E-state index contributed by atoms with van der Waals surface area (Å²) in [6.07, 6.45) is 2.01. The zero-order valence-corrected chi connectivity index (χ0v) is 9.45. The summed E-state index contributed by atoms with van der Waals surface area (Å²) in [4.78, 5) is 26.2. The molecule has 1 fully saturated rings. The Hall–Kier alpha value is -1.10. The second-order valence-corrected chi connectivity index (χ2v) is 4.10. The number of carbonyl (C=O) groups excluding carboxylic acids is 2. The van der Waals surface area contributed by atoms with Gasteiger partial charge >= 0.3 is 0 Å². The van der Waals surface area contributed by atoms with E-state index >= 15 is 0 Å². The summed E-state index contributed by atoms with van der Waals surface area (Å²) in [7, 11) is 4.05. The van der Waals surface area contributed by atoms with E-state index < -0.39 is 0 Å². The molecule has 0 aromatic carbocycles. The van der Waals surface area contributed by atoms with Crippen molar-refractivity contribution in [3.05, 3.63) is 0 Å². The molecule has 0 aliphatic carbocycles. The Morgan fingerprint density at radius 2 is 2.07 bits per heavy atom. The highest BCUT2D eigenvalue weighted by Gasteiger charge is 2.21. The van der Waals surface area contributed by atoms with Gasteiger partial charge in [-0.2, -0.15) is 0 Å². The molecule has 0 unspecified atom stereocenters. The first kappa shape index (κ1) is 12.0. The van der Waals surface area contributed by atoms with Crippen molar-refractivity contribution in [2.24, 2.45) is 0 Å². The second-order valence-electron chi connectivity index (χ2n) is 4.10. The van der Waals surface area contributed by atoms with E-state index in [1.54, 1.807) is 4.90 Å². The molecule has 0 radical (unpaired) electrons. The molecule has 1 rings (SSSR count). The van der Waals surface area contributed by atoms with Crippen LogP contribution < -0.4 is 5.32 Å². The molecular weight excluding hydrogens is 194 g/mol. The fourth-order valence-corrected chi connectivity index (χ4v) is 1.54. The maximum absolute atomic E-state index is 11.4. The monoisotopic (exact) mass is 213 g/mol. The predicted molar refractivity (Wildman–Crippen MR) is 57.4 cm³/mol. The Morgan fingerprint density at radius 1 is 1.33 bits per heavy atom. The lowest BCUT2D eigenvalue weighted by Gasteiger charge is -2.26. The van der Waals surface area contributed by atoms with Gasteiger partial charge in [0, 0.05) is 6.54 Å². The summed E-state index contributed by atoms with van der Waals surface area (Å²) in [5, 5.41) is 2.53. The SMILES string of the molecule is CN(C)CCCCN1CC(=O)NCC1=O. The quantitative estimate of drug-likeness (QED) is 0.614. The molecule has 15 heavy (non-hydrogen) atoms. The van der Waals surface area contributed by atoms with E-state index in [4.69, 9.17) is 0 Å².